The quantitative estimate of drug-likeness (QED) is 0.608. The summed E-state index contributed by atoms with van der Waals surface area (Å²) in [7, 11) is 1.58. The van der Waals surface area contributed by atoms with Crippen LogP contribution in [0.2, 0.25) is 1.41 Å². The van der Waals surface area contributed by atoms with Crippen LogP contribution in [0.5, 0.6) is 5.75 Å². The van der Waals surface area contributed by atoms with Crippen LogP contribution in [0.3, 0.4) is 0 Å². The van der Waals surface area contributed by atoms with Gasteiger partial charge in [-0.15, -0.1) is 0 Å². The number of nitrogens with one attached hydrogen (secondary N) is 1. The molecule has 1 aromatic rings. The standard InChI is InChI=1S/C9H13NO2/c1-10-6-9(12)7-3-2-4-8(11)5-7/h2-5,9-12H,6H2,1H3/t9-/m1/s1/i12D/hD2. The third-order valence-electron chi connectivity index (χ3n) is 1.58. The average Bonchev–Trinajstić information content (AvgIpc) is 2.25. The maximum Gasteiger partial charge on any atom is 0.293 e. The van der Waals surface area contributed by atoms with Crippen molar-refractivity contribution in [1.29, 1.82) is 2.86 Å². The second-order valence-electron chi connectivity index (χ2n) is 2.56. The molecule has 0 fully saturated rings. The number of hydrogen-bond acceptors (Lipinski definition) is 3. The van der Waals surface area contributed by atoms with Crippen LogP contribution in [0.25, 0.3) is 0 Å². The van der Waals surface area contributed by atoms with Gasteiger partial charge in [-0.1, -0.05) is 12.1 Å². The lowest BCUT2D eigenvalue weighted by Crippen LogP contribution is -2.16. The zero-order valence-electron chi connectivity index (χ0n) is 9.86. The lowest BCUT2D eigenvalue weighted by Gasteiger charge is -2.09. The number of phenolic OH excluding ortho intramolecular Hbond substituents is 1. The lowest BCUT2D eigenvalue weighted by atomic mass is 10.1. The smallest absolute Gasteiger partial charge is 0.293 e. The molecule has 0 aliphatic heterocycles. The van der Waals surface area contributed by atoms with Crippen molar-refractivity contribution >= 4 is 0 Å². The van der Waals surface area contributed by atoms with E-state index in [1.807, 2.05) is 0 Å². The first-order valence-corrected chi connectivity index (χ1v) is 3.72. The van der Waals surface area contributed by atoms with Crippen LogP contribution in [0.15, 0.2) is 24.3 Å². The molecule has 66 valence electrons. The van der Waals surface area contributed by atoms with E-state index in [1.165, 1.54) is 5.31 Å². The van der Waals surface area contributed by atoms with Gasteiger partial charge < -0.3 is 15.5 Å². The Balaban J connectivity index is 2.81. The van der Waals surface area contributed by atoms with Crippen LogP contribution < -0.4 is 5.31 Å². The molecular formula is C9H13NO2. The van der Waals surface area contributed by atoms with Crippen LogP contribution in [0.1, 0.15) is 11.7 Å². The number of likely N-dealkylation sites (N-methyl/N-ethyl adjacent to an activating group) is 1. The molecule has 3 nitrogen and oxygen atoms in total. The summed E-state index contributed by atoms with van der Waals surface area (Å²) in [6.07, 6.45) is -0.511. The first-order chi connectivity index (χ1) is 7.17. The molecule has 0 aliphatic rings. The molecule has 0 heterocycles. The first kappa shape index (κ1) is 5.56. The fourth-order valence-electron chi connectivity index (χ4n) is 0.986. The van der Waals surface area contributed by atoms with Crippen LogP contribution in [-0.4, -0.2) is 26.7 Å². The van der Waals surface area contributed by atoms with E-state index < -0.39 is 6.10 Å². The highest BCUT2D eigenvalue weighted by molar-refractivity contribution is 5.28. The summed E-state index contributed by atoms with van der Waals surface area (Å²) in [5.74, 6) is 0.391. The molecule has 0 spiro atoms. The van der Waals surface area contributed by atoms with Crippen molar-refractivity contribution < 1.29 is 11.6 Å². The molecular weight excluding hydrogens is 154 g/mol. The Hall–Kier alpha value is -1.06. The molecule has 0 saturated carbocycles. The van der Waals surface area contributed by atoms with Gasteiger partial charge in [-0.05, 0) is 24.7 Å². The van der Waals surface area contributed by atoms with Gasteiger partial charge in [-0.25, -0.2) is 0 Å². The van der Waals surface area contributed by atoms with E-state index in [0.29, 0.717) is 11.3 Å². The highest BCUT2D eigenvalue weighted by Crippen LogP contribution is 2.17. The Morgan fingerprint density at radius 2 is 2.67 bits per heavy atom. The summed E-state index contributed by atoms with van der Waals surface area (Å²) >= 11 is 0. The zero-order valence-corrected chi connectivity index (χ0v) is 6.86. The SMILES string of the molecule is [2H]Oc1cccc([C@@H](CN([2H])C)O[2H])c1. The normalized spacial score (nSPS) is 16.3. The van der Waals surface area contributed by atoms with Gasteiger partial charge in [0, 0.05) is 6.54 Å². The van der Waals surface area contributed by atoms with Crippen LogP contribution in [0.4, 0.5) is 0 Å². The third kappa shape index (κ3) is 2.22. The van der Waals surface area contributed by atoms with Gasteiger partial charge in [0.2, 0.25) is 1.43 Å². The van der Waals surface area contributed by atoms with Crippen LogP contribution in [0, 0.1) is 0 Å². The molecule has 0 saturated heterocycles. The fraction of sp³-hybridized carbons (Fsp3) is 0.333. The molecule has 0 radical (unpaired) electrons. The molecule has 3 heteroatoms. The van der Waals surface area contributed by atoms with Crippen LogP contribution in [-0.2, 0) is 0 Å². The molecule has 1 atom stereocenters. The Labute approximate surface area is 76.1 Å². The second-order valence-corrected chi connectivity index (χ2v) is 2.56. The molecule has 0 amide bonds. The molecule has 1 aromatic carbocycles. The first-order valence-electron chi connectivity index (χ1n) is 4.99. The highest BCUT2D eigenvalue weighted by Gasteiger charge is 2.05. The number of aliphatic hydroxyl groups is 1. The van der Waals surface area contributed by atoms with Crippen molar-refractivity contribution in [3.8, 4) is 5.75 Å². The zero-order chi connectivity index (χ0) is 11.3. The summed E-state index contributed by atoms with van der Waals surface area (Å²) in [6.45, 7) is 0.283. The maximum absolute atomic E-state index is 7.26. The lowest BCUT2D eigenvalue weighted by molar-refractivity contribution is 0.177. The minimum absolute atomic E-state index is 0.283. The third-order valence-corrected chi connectivity index (χ3v) is 1.58. The summed E-state index contributed by atoms with van der Waals surface area (Å²) in [5.41, 5.74) is 0.717. The number of rotatable bonds is 5. The van der Waals surface area contributed by atoms with Crippen molar-refractivity contribution in [3.63, 3.8) is 0 Å². The topological polar surface area (TPSA) is 52.5 Å². The monoisotopic (exact) mass is 170 g/mol. The van der Waals surface area contributed by atoms with Crippen molar-refractivity contribution in [2.45, 2.75) is 6.10 Å². The number of phenols is 1. The summed E-state index contributed by atoms with van der Waals surface area (Å²) in [5, 5.41) is 10.0. The van der Waals surface area contributed by atoms with E-state index in [1.54, 1.807) is 31.3 Å². The van der Waals surface area contributed by atoms with Gasteiger partial charge in [0.1, 0.15) is 7.16 Å². The number of aromatic hydroxyl groups is 1. The Bertz CT molecular complexity index is 309. The summed E-state index contributed by atoms with van der Waals surface area (Å²) in [4.78, 5) is 0. The van der Waals surface area contributed by atoms with Gasteiger partial charge in [0.15, 0.2) is 0 Å². The van der Waals surface area contributed by atoms with E-state index >= 15 is 0 Å². The van der Waals surface area contributed by atoms with Gasteiger partial charge in [0.05, 0.1) is 6.10 Å². The van der Waals surface area contributed by atoms with E-state index in [4.69, 9.17) is 4.27 Å². The molecule has 1 rings (SSSR count). The molecule has 0 unspecified atom stereocenters. The minimum Gasteiger partial charge on any atom is -0.508 e. The molecule has 0 bridgehead atoms. The predicted octanol–water partition coefficient (Wildman–Crippen LogP) is 0.645. The van der Waals surface area contributed by atoms with E-state index in [-0.39, 0.29) is 6.54 Å². The minimum atomic E-state index is -0.511. The Kier molecular flexibility index (Phi) is 1.90. The van der Waals surface area contributed by atoms with Gasteiger partial charge in [-0.2, -0.15) is 0 Å². The van der Waals surface area contributed by atoms with Crippen molar-refractivity contribution in [1.82, 2.24) is 5.31 Å². The Morgan fingerprint density at radius 1 is 1.75 bits per heavy atom. The molecule has 3 N–H and O–H groups in total. The number of aliphatic hydroxyl groups excluding tert-OH is 1. The van der Waals surface area contributed by atoms with Crippen molar-refractivity contribution in [3.05, 3.63) is 29.8 Å². The van der Waals surface area contributed by atoms with Gasteiger partial charge >= 0.3 is 0 Å². The van der Waals surface area contributed by atoms with Crippen LogP contribution >= 0.6 is 0 Å². The largest absolute Gasteiger partial charge is 0.508 e. The molecule has 12 heavy (non-hydrogen) atoms. The van der Waals surface area contributed by atoms with E-state index in [9.17, 15) is 0 Å². The predicted molar refractivity (Wildman–Crippen MR) is 47.0 cm³/mol. The van der Waals surface area contributed by atoms with Crippen molar-refractivity contribution in [2.24, 2.45) is 0 Å². The summed E-state index contributed by atoms with van der Waals surface area (Å²) < 4.78 is 20.9. The van der Waals surface area contributed by atoms with E-state index in [2.05, 4.69) is 10.2 Å². The fourth-order valence-corrected chi connectivity index (χ4v) is 0.986. The van der Waals surface area contributed by atoms with Gasteiger partial charge in [-0.3, -0.25) is 0 Å². The van der Waals surface area contributed by atoms with Crippen molar-refractivity contribution in [2.75, 3.05) is 13.6 Å². The molecule has 0 aliphatic carbocycles. The highest BCUT2D eigenvalue weighted by atomic mass is 16.3. The number of benzene rings is 1. The maximum atomic E-state index is 7.26. The number of hydrogen-bond donors (Lipinski definition) is 3. The average molecular weight is 170 g/mol. The van der Waals surface area contributed by atoms with E-state index in [0.717, 1.165) is 0 Å². The van der Waals surface area contributed by atoms with Gasteiger partial charge in [0.25, 0.3) is 1.43 Å². The summed E-state index contributed by atoms with van der Waals surface area (Å²) in [6, 6.07) is 6.75. The second kappa shape index (κ2) is 4.09. The Morgan fingerprint density at radius 3 is 3.33 bits per heavy atom. The molecule has 0 aromatic heterocycles.